The van der Waals surface area contributed by atoms with E-state index < -0.39 is 11.9 Å². The van der Waals surface area contributed by atoms with Crippen LogP contribution in [0.25, 0.3) is 0 Å². The number of para-hydroxylation sites is 1. The van der Waals surface area contributed by atoms with Crippen molar-refractivity contribution < 1.29 is 18.7 Å². The minimum Gasteiger partial charge on any atom is -0.478 e. The van der Waals surface area contributed by atoms with Crippen LogP contribution < -0.4 is 10.1 Å². The van der Waals surface area contributed by atoms with Gasteiger partial charge in [-0.05, 0) is 24.1 Å². The van der Waals surface area contributed by atoms with Crippen LogP contribution in [0.5, 0.6) is 5.75 Å². The van der Waals surface area contributed by atoms with Crippen molar-refractivity contribution in [1.29, 1.82) is 0 Å². The molecule has 1 N–H and O–H groups in total. The van der Waals surface area contributed by atoms with Gasteiger partial charge in [0.25, 0.3) is 5.91 Å². The lowest BCUT2D eigenvalue weighted by Crippen LogP contribution is -2.39. The van der Waals surface area contributed by atoms with Gasteiger partial charge in [-0.15, -0.1) is 0 Å². The molecule has 0 saturated carbocycles. The first-order valence-corrected chi connectivity index (χ1v) is 8.01. The van der Waals surface area contributed by atoms with Gasteiger partial charge in [0.1, 0.15) is 0 Å². The van der Waals surface area contributed by atoms with E-state index in [9.17, 15) is 9.18 Å². The van der Waals surface area contributed by atoms with Crippen molar-refractivity contribution in [3.63, 3.8) is 0 Å². The number of amides is 1. The Hall–Kier alpha value is -2.40. The number of hydrogen-bond donors (Lipinski definition) is 1. The highest BCUT2D eigenvalue weighted by Crippen LogP contribution is 2.18. The number of ether oxygens (including phenoxy) is 2. The Balaban J connectivity index is 1.71. The second-order valence-electron chi connectivity index (χ2n) is 5.27. The van der Waals surface area contributed by atoms with Gasteiger partial charge < -0.3 is 14.8 Å². The molecule has 0 aromatic heterocycles. The van der Waals surface area contributed by atoms with Crippen molar-refractivity contribution in [2.75, 3.05) is 13.2 Å². The molecule has 0 aliphatic heterocycles. The quantitative estimate of drug-likeness (QED) is 0.717. The molecular weight excluding hydrogens is 309 g/mol. The third-order valence-corrected chi connectivity index (χ3v) is 3.43. The zero-order valence-electron chi connectivity index (χ0n) is 13.7. The standard InChI is InChI=1S/C19H22FNO3/c1-2-17(24-18-11-7-6-10-16(18)20)19(22)21-12-13-23-14-15-8-4-3-5-9-15/h3-11,17H,2,12-14H2,1H3,(H,21,22). The number of carbonyl (C=O) groups excluding carboxylic acids is 1. The van der Waals surface area contributed by atoms with E-state index in [-0.39, 0.29) is 11.7 Å². The molecule has 1 atom stereocenters. The number of hydrogen-bond acceptors (Lipinski definition) is 3. The molecule has 5 heteroatoms. The summed E-state index contributed by atoms with van der Waals surface area (Å²) in [7, 11) is 0. The van der Waals surface area contributed by atoms with Gasteiger partial charge in [-0.1, -0.05) is 49.4 Å². The predicted octanol–water partition coefficient (Wildman–Crippen LogP) is 3.32. The maximum atomic E-state index is 13.6. The van der Waals surface area contributed by atoms with E-state index >= 15 is 0 Å². The van der Waals surface area contributed by atoms with E-state index in [1.807, 2.05) is 37.3 Å². The minimum atomic E-state index is -0.726. The molecule has 2 rings (SSSR count). The monoisotopic (exact) mass is 331 g/mol. The summed E-state index contributed by atoms with van der Waals surface area (Å²) in [5, 5.41) is 2.75. The van der Waals surface area contributed by atoms with Gasteiger partial charge in [-0.3, -0.25) is 4.79 Å². The zero-order chi connectivity index (χ0) is 17.2. The van der Waals surface area contributed by atoms with Crippen LogP contribution in [-0.4, -0.2) is 25.2 Å². The predicted molar refractivity (Wildman–Crippen MR) is 90.2 cm³/mol. The molecule has 1 unspecified atom stereocenters. The van der Waals surface area contributed by atoms with E-state index in [2.05, 4.69) is 5.32 Å². The fourth-order valence-electron chi connectivity index (χ4n) is 2.14. The van der Waals surface area contributed by atoms with Crippen LogP contribution in [0.1, 0.15) is 18.9 Å². The van der Waals surface area contributed by atoms with E-state index in [0.717, 1.165) is 5.56 Å². The molecule has 2 aromatic rings. The molecule has 0 heterocycles. The lowest BCUT2D eigenvalue weighted by atomic mass is 10.2. The third-order valence-electron chi connectivity index (χ3n) is 3.43. The van der Waals surface area contributed by atoms with Crippen LogP contribution in [0.2, 0.25) is 0 Å². The molecule has 0 bridgehead atoms. The summed E-state index contributed by atoms with van der Waals surface area (Å²) in [6.07, 6.45) is -0.276. The van der Waals surface area contributed by atoms with E-state index in [1.54, 1.807) is 12.1 Å². The van der Waals surface area contributed by atoms with Crippen LogP contribution in [0, 0.1) is 5.82 Å². The highest BCUT2D eigenvalue weighted by atomic mass is 19.1. The number of halogens is 1. The Morgan fingerprint density at radius 2 is 1.83 bits per heavy atom. The van der Waals surface area contributed by atoms with Gasteiger partial charge in [-0.25, -0.2) is 4.39 Å². The van der Waals surface area contributed by atoms with Crippen molar-refractivity contribution in [3.05, 3.63) is 66.0 Å². The van der Waals surface area contributed by atoms with E-state index in [4.69, 9.17) is 9.47 Å². The minimum absolute atomic E-state index is 0.0832. The van der Waals surface area contributed by atoms with Crippen molar-refractivity contribution >= 4 is 5.91 Å². The summed E-state index contributed by atoms with van der Waals surface area (Å²) in [6.45, 7) is 3.09. The van der Waals surface area contributed by atoms with Crippen LogP contribution in [0.4, 0.5) is 4.39 Å². The molecule has 0 saturated heterocycles. The summed E-state index contributed by atoms with van der Waals surface area (Å²) in [6, 6.07) is 15.9. The first-order chi connectivity index (χ1) is 11.7. The number of benzene rings is 2. The summed E-state index contributed by atoms with van der Waals surface area (Å²) in [4.78, 5) is 12.1. The molecule has 1 amide bonds. The number of rotatable bonds is 9. The normalized spacial score (nSPS) is 11.8. The van der Waals surface area contributed by atoms with Gasteiger partial charge in [0.05, 0.1) is 13.2 Å². The second-order valence-corrected chi connectivity index (χ2v) is 5.27. The van der Waals surface area contributed by atoms with Gasteiger partial charge in [-0.2, -0.15) is 0 Å². The molecule has 0 radical (unpaired) electrons. The zero-order valence-corrected chi connectivity index (χ0v) is 13.7. The van der Waals surface area contributed by atoms with Gasteiger partial charge >= 0.3 is 0 Å². The van der Waals surface area contributed by atoms with Crippen LogP contribution in [0.15, 0.2) is 54.6 Å². The average molecular weight is 331 g/mol. The number of carbonyl (C=O) groups is 1. The SMILES string of the molecule is CCC(Oc1ccccc1F)C(=O)NCCOCc1ccccc1. The summed E-state index contributed by atoms with van der Waals surface area (Å²) in [5.74, 6) is -0.668. The fourth-order valence-corrected chi connectivity index (χ4v) is 2.14. The lowest BCUT2D eigenvalue weighted by molar-refractivity contribution is -0.128. The smallest absolute Gasteiger partial charge is 0.261 e. The van der Waals surface area contributed by atoms with Crippen molar-refractivity contribution in [3.8, 4) is 5.75 Å². The molecule has 24 heavy (non-hydrogen) atoms. The summed E-state index contributed by atoms with van der Waals surface area (Å²) >= 11 is 0. The fraction of sp³-hybridized carbons (Fsp3) is 0.316. The van der Waals surface area contributed by atoms with Crippen LogP contribution >= 0.6 is 0 Å². The van der Waals surface area contributed by atoms with Crippen LogP contribution in [0.3, 0.4) is 0 Å². The third kappa shape index (κ3) is 5.66. The van der Waals surface area contributed by atoms with Gasteiger partial charge in [0.15, 0.2) is 17.7 Å². The van der Waals surface area contributed by atoms with Crippen molar-refractivity contribution in [1.82, 2.24) is 5.32 Å². The maximum Gasteiger partial charge on any atom is 0.261 e. The van der Waals surface area contributed by atoms with E-state index in [0.29, 0.717) is 26.2 Å². The Kier molecular flexibility index (Phi) is 7.23. The largest absolute Gasteiger partial charge is 0.478 e. The Morgan fingerprint density at radius 1 is 1.12 bits per heavy atom. The highest BCUT2D eigenvalue weighted by molar-refractivity contribution is 5.81. The molecule has 0 fully saturated rings. The molecule has 4 nitrogen and oxygen atoms in total. The Bertz CT molecular complexity index is 634. The Labute approximate surface area is 141 Å². The summed E-state index contributed by atoms with van der Waals surface area (Å²) in [5.41, 5.74) is 1.08. The number of nitrogens with one attached hydrogen (secondary N) is 1. The Morgan fingerprint density at radius 3 is 2.54 bits per heavy atom. The second kappa shape index (κ2) is 9.67. The molecule has 0 aliphatic carbocycles. The first-order valence-electron chi connectivity index (χ1n) is 8.01. The molecule has 2 aromatic carbocycles. The molecular formula is C19H22FNO3. The van der Waals surface area contributed by atoms with Gasteiger partial charge in [0, 0.05) is 6.54 Å². The molecule has 0 aliphatic rings. The highest BCUT2D eigenvalue weighted by Gasteiger charge is 2.19. The molecule has 128 valence electrons. The maximum absolute atomic E-state index is 13.6. The molecule has 0 spiro atoms. The first kappa shape index (κ1) is 17.9. The topological polar surface area (TPSA) is 47.6 Å². The van der Waals surface area contributed by atoms with Crippen molar-refractivity contribution in [2.45, 2.75) is 26.1 Å². The summed E-state index contributed by atoms with van der Waals surface area (Å²) < 4.78 is 24.5. The van der Waals surface area contributed by atoms with E-state index in [1.165, 1.54) is 12.1 Å². The van der Waals surface area contributed by atoms with Crippen LogP contribution in [-0.2, 0) is 16.1 Å². The average Bonchev–Trinajstić information content (AvgIpc) is 2.61. The lowest BCUT2D eigenvalue weighted by Gasteiger charge is -2.17. The van der Waals surface area contributed by atoms with Gasteiger partial charge in [0.2, 0.25) is 0 Å². The van der Waals surface area contributed by atoms with Crippen molar-refractivity contribution in [2.24, 2.45) is 0 Å².